The number of nitrogens with zero attached hydrogens (tertiary/aromatic N) is 1. The molecule has 9 heteroatoms. The maximum atomic E-state index is 13.1. The molecule has 0 spiro atoms. The summed E-state index contributed by atoms with van der Waals surface area (Å²) in [6.45, 7) is 0. The van der Waals surface area contributed by atoms with Gasteiger partial charge < -0.3 is 21.5 Å². The van der Waals surface area contributed by atoms with Crippen LogP contribution in [0, 0.1) is 17.1 Å². The second-order valence-corrected chi connectivity index (χ2v) is 3.97. The topological polar surface area (TPSA) is 145 Å². The van der Waals surface area contributed by atoms with E-state index in [0.717, 1.165) is 12.1 Å². The van der Waals surface area contributed by atoms with Crippen LogP contribution < -0.4 is 16.4 Å². The number of nitrogens with one attached hydrogen (secondary N) is 2. The summed E-state index contributed by atoms with van der Waals surface area (Å²) in [6, 6.07) is 2.43. The minimum Gasteiger partial charge on any atom is -0.480 e. The first-order valence-electron chi connectivity index (χ1n) is 5.61. The van der Waals surface area contributed by atoms with Crippen molar-refractivity contribution in [1.82, 2.24) is 5.32 Å². The number of carboxylic acid groups (broad SMARTS) is 1. The normalized spacial score (nSPS) is 11.0. The van der Waals surface area contributed by atoms with E-state index >= 15 is 0 Å². The number of benzene rings is 1. The molecule has 5 N–H and O–H groups in total. The molecule has 0 aliphatic heterocycles. The molecule has 1 atom stereocenters. The van der Waals surface area contributed by atoms with Crippen molar-refractivity contribution >= 4 is 23.6 Å². The highest BCUT2D eigenvalue weighted by atomic mass is 19.1. The fourth-order valence-electron chi connectivity index (χ4n) is 1.42. The van der Waals surface area contributed by atoms with Gasteiger partial charge >= 0.3 is 12.0 Å². The van der Waals surface area contributed by atoms with Crippen LogP contribution >= 0.6 is 0 Å². The van der Waals surface area contributed by atoms with Crippen LogP contribution in [0.15, 0.2) is 18.2 Å². The van der Waals surface area contributed by atoms with E-state index in [9.17, 15) is 18.8 Å². The minimum atomic E-state index is -1.49. The van der Waals surface area contributed by atoms with Crippen molar-refractivity contribution < 1.29 is 23.9 Å². The summed E-state index contributed by atoms with van der Waals surface area (Å²) in [6.07, 6.45) is -0.574. The summed E-state index contributed by atoms with van der Waals surface area (Å²) in [5, 5.41) is 21.7. The van der Waals surface area contributed by atoms with Crippen LogP contribution in [-0.4, -0.2) is 29.1 Å². The molecular weight excluding hydrogens is 283 g/mol. The zero-order chi connectivity index (χ0) is 16.0. The SMILES string of the molecule is N#Cc1cc(NC(=O)NC(CC(N)=O)C(=O)O)ccc1F. The number of hydrogen-bond acceptors (Lipinski definition) is 4. The first-order valence-corrected chi connectivity index (χ1v) is 5.61. The van der Waals surface area contributed by atoms with Crippen molar-refractivity contribution in [1.29, 1.82) is 5.26 Å². The Morgan fingerprint density at radius 1 is 1.43 bits per heavy atom. The number of rotatable bonds is 5. The molecule has 0 aliphatic carbocycles. The molecule has 8 nitrogen and oxygen atoms in total. The number of aliphatic carboxylic acids is 1. The van der Waals surface area contributed by atoms with E-state index in [0.29, 0.717) is 0 Å². The Hall–Kier alpha value is -3.15. The smallest absolute Gasteiger partial charge is 0.326 e. The van der Waals surface area contributed by atoms with Crippen LogP contribution in [0.2, 0.25) is 0 Å². The first kappa shape index (κ1) is 15.9. The lowest BCUT2D eigenvalue weighted by atomic mass is 10.2. The van der Waals surface area contributed by atoms with Crippen molar-refractivity contribution in [2.24, 2.45) is 5.73 Å². The molecule has 21 heavy (non-hydrogen) atoms. The molecule has 0 aromatic heterocycles. The van der Waals surface area contributed by atoms with Gasteiger partial charge in [0, 0.05) is 5.69 Å². The van der Waals surface area contributed by atoms with Gasteiger partial charge in [0.2, 0.25) is 5.91 Å². The van der Waals surface area contributed by atoms with Crippen molar-refractivity contribution in [3.8, 4) is 6.07 Å². The van der Waals surface area contributed by atoms with Gasteiger partial charge in [0.15, 0.2) is 0 Å². The van der Waals surface area contributed by atoms with Gasteiger partial charge in [-0.2, -0.15) is 5.26 Å². The molecule has 0 aliphatic rings. The lowest BCUT2D eigenvalue weighted by Crippen LogP contribution is -2.45. The number of anilines is 1. The number of nitrogens with two attached hydrogens (primary N) is 1. The highest BCUT2D eigenvalue weighted by molar-refractivity contribution is 5.93. The Balaban J connectivity index is 2.74. The van der Waals surface area contributed by atoms with Gasteiger partial charge in [-0.15, -0.1) is 0 Å². The fraction of sp³-hybridized carbons (Fsp3) is 0.167. The Kier molecular flexibility index (Phi) is 5.19. The molecule has 1 aromatic rings. The number of carbonyl (C=O) groups excluding carboxylic acids is 2. The lowest BCUT2D eigenvalue weighted by Gasteiger charge is -2.13. The van der Waals surface area contributed by atoms with Gasteiger partial charge in [0.25, 0.3) is 0 Å². The van der Waals surface area contributed by atoms with Crippen molar-refractivity contribution in [2.45, 2.75) is 12.5 Å². The molecule has 1 unspecified atom stereocenters. The molecule has 0 saturated carbocycles. The summed E-state index contributed by atoms with van der Waals surface area (Å²) in [5.74, 6) is -3.07. The maximum absolute atomic E-state index is 13.1. The highest BCUT2D eigenvalue weighted by Crippen LogP contribution is 2.13. The Morgan fingerprint density at radius 3 is 2.62 bits per heavy atom. The van der Waals surface area contributed by atoms with Gasteiger partial charge in [-0.25, -0.2) is 14.0 Å². The molecule has 0 radical (unpaired) electrons. The number of hydrogen-bond donors (Lipinski definition) is 4. The zero-order valence-electron chi connectivity index (χ0n) is 10.6. The van der Waals surface area contributed by atoms with Crippen molar-refractivity contribution in [2.75, 3.05) is 5.32 Å². The zero-order valence-corrected chi connectivity index (χ0v) is 10.6. The van der Waals surface area contributed by atoms with Crippen LogP contribution in [0.1, 0.15) is 12.0 Å². The molecule has 1 aromatic carbocycles. The molecule has 0 bridgehead atoms. The van der Waals surface area contributed by atoms with Crippen molar-refractivity contribution in [3.05, 3.63) is 29.6 Å². The summed E-state index contributed by atoms with van der Waals surface area (Å²) in [4.78, 5) is 33.1. The number of carboxylic acids is 1. The lowest BCUT2D eigenvalue weighted by molar-refractivity contribution is -0.140. The molecule has 0 fully saturated rings. The third-order valence-electron chi connectivity index (χ3n) is 2.35. The monoisotopic (exact) mass is 294 g/mol. The Bertz CT molecular complexity index is 626. The molecule has 3 amide bonds. The van der Waals surface area contributed by atoms with Gasteiger partial charge in [-0.3, -0.25) is 4.79 Å². The third kappa shape index (κ3) is 4.79. The Labute approximate surface area is 118 Å². The summed E-state index contributed by atoms with van der Waals surface area (Å²) >= 11 is 0. The van der Waals surface area contributed by atoms with E-state index < -0.39 is 36.2 Å². The van der Waals surface area contributed by atoms with E-state index in [4.69, 9.17) is 16.1 Å². The molecule has 0 heterocycles. The van der Waals surface area contributed by atoms with Crippen LogP contribution in [0.5, 0.6) is 0 Å². The average Bonchev–Trinajstić information content (AvgIpc) is 2.39. The number of amides is 3. The molecule has 110 valence electrons. The van der Waals surface area contributed by atoms with Crippen molar-refractivity contribution in [3.63, 3.8) is 0 Å². The number of halogens is 1. The molecule has 1 rings (SSSR count). The van der Waals surface area contributed by atoms with Gasteiger partial charge in [0.05, 0.1) is 12.0 Å². The van der Waals surface area contributed by atoms with Crippen LogP contribution in [-0.2, 0) is 9.59 Å². The van der Waals surface area contributed by atoms with Gasteiger partial charge in [0.1, 0.15) is 17.9 Å². The quantitative estimate of drug-likeness (QED) is 0.610. The largest absolute Gasteiger partial charge is 0.480 e. The minimum absolute atomic E-state index is 0.0914. The van der Waals surface area contributed by atoms with Crippen LogP contribution in [0.3, 0.4) is 0 Å². The Morgan fingerprint density at radius 2 is 2.10 bits per heavy atom. The van der Waals surface area contributed by atoms with E-state index in [1.165, 1.54) is 6.07 Å². The molecular formula is C12H11FN4O4. The predicted molar refractivity (Wildman–Crippen MR) is 68.5 cm³/mol. The molecule has 0 saturated heterocycles. The van der Waals surface area contributed by atoms with E-state index in [1.54, 1.807) is 6.07 Å². The summed E-state index contributed by atoms with van der Waals surface area (Å²) in [5.41, 5.74) is 4.68. The van der Waals surface area contributed by atoms with E-state index in [2.05, 4.69) is 5.32 Å². The van der Waals surface area contributed by atoms with Crippen LogP contribution in [0.4, 0.5) is 14.9 Å². The van der Waals surface area contributed by atoms with E-state index in [-0.39, 0.29) is 11.3 Å². The second-order valence-electron chi connectivity index (χ2n) is 3.97. The number of carbonyl (C=O) groups is 3. The van der Waals surface area contributed by atoms with Gasteiger partial charge in [-0.1, -0.05) is 0 Å². The standard InChI is InChI=1S/C12H11FN4O4/c13-8-2-1-7(3-6(8)5-14)16-12(21)17-9(11(19)20)4-10(15)18/h1-3,9H,4H2,(H2,15,18)(H,19,20)(H2,16,17,21). The first-order chi connectivity index (χ1) is 9.83. The fourth-order valence-corrected chi connectivity index (χ4v) is 1.42. The summed E-state index contributed by atoms with van der Waals surface area (Å²) in [7, 11) is 0. The van der Waals surface area contributed by atoms with Crippen LogP contribution in [0.25, 0.3) is 0 Å². The van der Waals surface area contributed by atoms with Gasteiger partial charge in [-0.05, 0) is 18.2 Å². The summed E-state index contributed by atoms with van der Waals surface area (Å²) < 4.78 is 13.1. The number of primary amides is 1. The third-order valence-corrected chi connectivity index (χ3v) is 2.35. The number of nitriles is 1. The van der Waals surface area contributed by atoms with E-state index in [1.807, 2.05) is 5.32 Å². The second kappa shape index (κ2) is 6.85. The highest BCUT2D eigenvalue weighted by Gasteiger charge is 2.22. The predicted octanol–water partition coefficient (Wildman–Crippen LogP) is 0.147. The maximum Gasteiger partial charge on any atom is 0.326 e. The average molecular weight is 294 g/mol. The number of urea groups is 1.